The average molecular weight is 149 g/mol. The smallest absolute Gasteiger partial charge is 0.0362 e. The molecular formula is C6H15NOS. The summed E-state index contributed by atoms with van der Waals surface area (Å²) in [5.41, 5.74) is 0. The molecule has 2 nitrogen and oxygen atoms in total. The van der Waals surface area contributed by atoms with Gasteiger partial charge in [0.1, 0.15) is 0 Å². The van der Waals surface area contributed by atoms with Crippen LogP contribution in [-0.2, 0) is 10.8 Å². The average Bonchev–Trinajstić information content (AvgIpc) is 1.82. The standard InChI is InChI=1S/C6H15NOS/c1-6(2)9(8)5-4-7-3/h6-7H,4-5H2,1-3H3. The predicted octanol–water partition coefficient (Wildman–Crippen LogP) is 0.363. The molecule has 0 radical (unpaired) electrons. The lowest BCUT2D eigenvalue weighted by atomic mass is 10.6. The Labute approximate surface area is 59.5 Å². The van der Waals surface area contributed by atoms with Crippen LogP contribution in [0.3, 0.4) is 0 Å². The predicted molar refractivity (Wildman–Crippen MR) is 42.1 cm³/mol. The molecular weight excluding hydrogens is 134 g/mol. The highest BCUT2D eigenvalue weighted by Gasteiger charge is 2.01. The van der Waals surface area contributed by atoms with Crippen molar-refractivity contribution in [1.29, 1.82) is 0 Å². The zero-order chi connectivity index (χ0) is 7.28. The molecule has 9 heavy (non-hydrogen) atoms. The molecule has 0 spiro atoms. The third kappa shape index (κ3) is 4.60. The molecule has 0 aliphatic carbocycles. The summed E-state index contributed by atoms with van der Waals surface area (Å²) in [5, 5.41) is 3.26. The summed E-state index contributed by atoms with van der Waals surface area (Å²) in [7, 11) is 1.24. The van der Waals surface area contributed by atoms with E-state index in [-0.39, 0.29) is 0 Å². The Morgan fingerprint density at radius 1 is 1.56 bits per heavy atom. The normalized spacial score (nSPS) is 14.2. The Bertz CT molecular complexity index is 93.1. The van der Waals surface area contributed by atoms with Crippen molar-refractivity contribution >= 4 is 10.8 Å². The Morgan fingerprint density at radius 2 is 2.11 bits per heavy atom. The zero-order valence-corrected chi connectivity index (χ0v) is 7.12. The summed E-state index contributed by atoms with van der Waals surface area (Å²) in [6.07, 6.45) is 0. The molecule has 0 bridgehead atoms. The van der Waals surface area contributed by atoms with Crippen molar-refractivity contribution in [2.45, 2.75) is 19.1 Å². The Balaban J connectivity index is 3.28. The first-order valence-electron chi connectivity index (χ1n) is 3.20. The van der Waals surface area contributed by atoms with Crippen LogP contribution >= 0.6 is 0 Å². The highest BCUT2D eigenvalue weighted by molar-refractivity contribution is 7.85. The van der Waals surface area contributed by atoms with Gasteiger partial charge in [-0.15, -0.1) is 0 Å². The van der Waals surface area contributed by atoms with Crippen LogP contribution in [0.25, 0.3) is 0 Å². The van der Waals surface area contributed by atoms with E-state index in [1.54, 1.807) is 0 Å². The van der Waals surface area contributed by atoms with Gasteiger partial charge in [0, 0.05) is 28.3 Å². The first kappa shape index (κ1) is 9.11. The van der Waals surface area contributed by atoms with Gasteiger partial charge in [-0.3, -0.25) is 4.21 Å². The first-order valence-corrected chi connectivity index (χ1v) is 4.58. The lowest BCUT2D eigenvalue weighted by molar-refractivity contribution is 0.673. The van der Waals surface area contributed by atoms with Gasteiger partial charge in [0.05, 0.1) is 0 Å². The topological polar surface area (TPSA) is 29.1 Å². The Kier molecular flexibility index (Phi) is 5.00. The molecule has 0 saturated heterocycles. The Morgan fingerprint density at radius 3 is 2.44 bits per heavy atom. The minimum atomic E-state index is -0.634. The molecule has 0 saturated carbocycles. The van der Waals surface area contributed by atoms with Crippen molar-refractivity contribution in [2.75, 3.05) is 19.3 Å². The lowest BCUT2D eigenvalue weighted by Gasteiger charge is -2.03. The first-order chi connectivity index (χ1) is 4.18. The van der Waals surface area contributed by atoms with Gasteiger partial charge >= 0.3 is 0 Å². The SMILES string of the molecule is CNCCS(=O)C(C)C. The molecule has 0 aromatic carbocycles. The van der Waals surface area contributed by atoms with E-state index in [2.05, 4.69) is 5.32 Å². The number of hydrogen-bond acceptors (Lipinski definition) is 2. The van der Waals surface area contributed by atoms with Gasteiger partial charge in [0.25, 0.3) is 0 Å². The number of nitrogens with one attached hydrogen (secondary N) is 1. The van der Waals surface area contributed by atoms with Gasteiger partial charge < -0.3 is 5.32 Å². The van der Waals surface area contributed by atoms with E-state index in [4.69, 9.17) is 0 Å². The van der Waals surface area contributed by atoms with Gasteiger partial charge in [-0.1, -0.05) is 13.8 Å². The highest BCUT2D eigenvalue weighted by Crippen LogP contribution is 1.91. The molecule has 56 valence electrons. The minimum Gasteiger partial charge on any atom is -0.319 e. The second-order valence-electron chi connectivity index (χ2n) is 2.24. The van der Waals surface area contributed by atoms with Crippen LogP contribution in [0.2, 0.25) is 0 Å². The van der Waals surface area contributed by atoms with E-state index in [1.807, 2.05) is 20.9 Å². The maximum absolute atomic E-state index is 11.0. The largest absolute Gasteiger partial charge is 0.319 e. The van der Waals surface area contributed by atoms with Crippen molar-refractivity contribution in [3.05, 3.63) is 0 Å². The molecule has 0 aliphatic heterocycles. The molecule has 0 aliphatic rings. The van der Waals surface area contributed by atoms with E-state index in [1.165, 1.54) is 0 Å². The maximum Gasteiger partial charge on any atom is 0.0362 e. The number of hydrogen-bond donors (Lipinski definition) is 1. The van der Waals surface area contributed by atoms with Crippen LogP contribution in [0, 0.1) is 0 Å². The fourth-order valence-corrected chi connectivity index (χ4v) is 1.32. The summed E-state index contributed by atoms with van der Waals surface area (Å²) in [4.78, 5) is 0. The van der Waals surface area contributed by atoms with Crippen LogP contribution in [-0.4, -0.2) is 28.8 Å². The van der Waals surface area contributed by atoms with Gasteiger partial charge in [0.15, 0.2) is 0 Å². The van der Waals surface area contributed by atoms with Crippen LogP contribution in [0.5, 0.6) is 0 Å². The summed E-state index contributed by atoms with van der Waals surface area (Å²) in [5.74, 6) is 0.772. The summed E-state index contributed by atoms with van der Waals surface area (Å²) < 4.78 is 11.0. The molecule has 1 N–H and O–H groups in total. The van der Waals surface area contributed by atoms with Crippen molar-refractivity contribution in [3.63, 3.8) is 0 Å². The molecule has 3 heteroatoms. The van der Waals surface area contributed by atoms with Crippen molar-refractivity contribution in [1.82, 2.24) is 5.32 Å². The lowest BCUT2D eigenvalue weighted by Crippen LogP contribution is -2.19. The molecule has 0 heterocycles. The van der Waals surface area contributed by atoms with Gasteiger partial charge in [-0.25, -0.2) is 0 Å². The summed E-state index contributed by atoms with van der Waals surface area (Å²) in [6.45, 7) is 4.81. The monoisotopic (exact) mass is 149 g/mol. The molecule has 0 aromatic heterocycles. The number of rotatable bonds is 4. The van der Waals surface area contributed by atoms with Gasteiger partial charge in [-0.05, 0) is 7.05 Å². The highest BCUT2D eigenvalue weighted by atomic mass is 32.2. The maximum atomic E-state index is 11.0. The fraction of sp³-hybridized carbons (Fsp3) is 1.00. The third-order valence-electron chi connectivity index (χ3n) is 1.08. The van der Waals surface area contributed by atoms with E-state index in [9.17, 15) is 4.21 Å². The fourth-order valence-electron chi connectivity index (χ4n) is 0.438. The van der Waals surface area contributed by atoms with E-state index in [0.717, 1.165) is 12.3 Å². The van der Waals surface area contributed by atoms with Crippen LogP contribution in [0.4, 0.5) is 0 Å². The molecule has 1 atom stereocenters. The van der Waals surface area contributed by atoms with Crippen LogP contribution in [0.1, 0.15) is 13.8 Å². The molecule has 0 amide bonds. The molecule has 1 unspecified atom stereocenters. The van der Waals surface area contributed by atoms with E-state index in [0.29, 0.717) is 5.25 Å². The van der Waals surface area contributed by atoms with Crippen molar-refractivity contribution in [3.8, 4) is 0 Å². The van der Waals surface area contributed by atoms with Crippen LogP contribution in [0.15, 0.2) is 0 Å². The van der Waals surface area contributed by atoms with Crippen LogP contribution < -0.4 is 5.32 Å². The zero-order valence-electron chi connectivity index (χ0n) is 6.31. The molecule has 0 fully saturated rings. The second kappa shape index (κ2) is 4.94. The van der Waals surface area contributed by atoms with Gasteiger partial charge in [-0.2, -0.15) is 0 Å². The quantitative estimate of drug-likeness (QED) is 0.625. The summed E-state index contributed by atoms with van der Waals surface area (Å²) >= 11 is 0. The molecule has 0 aromatic rings. The van der Waals surface area contributed by atoms with E-state index < -0.39 is 10.8 Å². The third-order valence-corrected chi connectivity index (χ3v) is 2.74. The van der Waals surface area contributed by atoms with Crippen molar-refractivity contribution in [2.24, 2.45) is 0 Å². The van der Waals surface area contributed by atoms with E-state index >= 15 is 0 Å². The second-order valence-corrected chi connectivity index (χ2v) is 4.35. The minimum absolute atomic E-state index is 0.304. The molecule has 0 rings (SSSR count). The Hall–Kier alpha value is 0.110. The van der Waals surface area contributed by atoms with Gasteiger partial charge in [0.2, 0.25) is 0 Å². The summed E-state index contributed by atoms with van der Waals surface area (Å²) in [6, 6.07) is 0. The van der Waals surface area contributed by atoms with Crippen molar-refractivity contribution < 1.29 is 4.21 Å².